The van der Waals surface area contributed by atoms with E-state index in [-0.39, 0.29) is 23.3 Å². The fraction of sp³-hybridized carbons (Fsp3) is 0.857. The summed E-state index contributed by atoms with van der Waals surface area (Å²) in [5, 5.41) is 8.62. The van der Waals surface area contributed by atoms with Gasteiger partial charge in [0, 0.05) is 33.1 Å². The van der Waals surface area contributed by atoms with Crippen molar-refractivity contribution in [3.63, 3.8) is 0 Å². The highest BCUT2D eigenvalue weighted by Gasteiger charge is 2.48. The molecule has 2 saturated heterocycles. The largest absolute Gasteiger partial charge is 0.423 e. The van der Waals surface area contributed by atoms with Gasteiger partial charge >= 0.3 is 0 Å². The Bertz CT molecular complexity index is 689. The van der Waals surface area contributed by atoms with Gasteiger partial charge in [-0.1, -0.05) is 13.8 Å². The summed E-state index contributed by atoms with van der Waals surface area (Å²) in [7, 11) is 3.65. The zero-order valence-corrected chi connectivity index (χ0v) is 17.9. The normalized spacial score (nSPS) is 25.7. The molecule has 1 aliphatic carbocycles. The molecule has 4 rings (SSSR count). The zero-order valence-electron chi connectivity index (χ0n) is 17.9. The summed E-state index contributed by atoms with van der Waals surface area (Å²) in [6.07, 6.45) is 6.26. The van der Waals surface area contributed by atoms with Crippen LogP contribution in [0.4, 0.5) is 0 Å². The Morgan fingerprint density at radius 2 is 1.96 bits per heavy atom. The number of piperidine rings is 1. The molecule has 1 atom stereocenters. The molecular formula is C21H35N5O2. The van der Waals surface area contributed by atoms with Crippen LogP contribution in [0, 0.1) is 11.3 Å². The van der Waals surface area contributed by atoms with Gasteiger partial charge in [-0.3, -0.25) is 9.69 Å². The number of aromatic nitrogens is 2. The van der Waals surface area contributed by atoms with E-state index in [1.807, 2.05) is 14.1 Å². The molecule has 1 unspecified atom stereocenters. The fourth-order valence-electron chi connectivity index (χ4n) is 4.72. The van der Waals surface area contributed by atoms with Gasteiger partial charge in [0.25, 0.3) is 0 Å². The molecule has 1 spiro atoms. The molecule has 1 saturated carbocycles. The number of likely N-dealkylation sites (tertiary alicyclic amines) is 2. The lowest BCUT2D eigenvalue weighted by atomic mass is 9.76. The number of carbonyl (C=O) groups excluding carboxylic acids is 1. The highest BCUT2D eigenvalue weighted by atomic mass is 16.4. The van der Waals surface area contributed by atoms with E-state index in [0.717, 1.165) is 18.9 Å². The smallest absolute Gasteiger partial charge is 0.236 e. The molecule has 3 aliphatic rings. The van der Waals surface area contributed by atoms with Gasteiger partial charge in [0.1, 0.15) is 0 Å². The second-order valence-corrected chi connectivity index (χ2v) is 9.79. The number of hydrogen-bond acceptors (Lipinski definition) is 6. The molecule has 1 aromatic rings. The van der Waals surface area contributed by atoms with E-state index in [0.29, 0.717) is 18.3 Å². The van der Waals surface area contributed by atoms with Crippen LogP contribution >= 0.6 is 0 Å². The molecule has 7 nitrogen and oxygen atoms in total. The molecule has 28 heavy (non-hydrogen) atoms. The molecule has 156 valence electrons. The Labute approximate surface area is 168 Å². The number of carbonyl (C=O) groups is 1. The first kappa shape index (κ1) is 19.8. The Hall–Kier alpha value is -1.47. The Morgan fingerprint density at radius 3 is 2.54 bits per heavy atom. The van der Waals surface area contributed by atoms with Crippen LogP contribution < -0.4 is 0 Å². The number of rotatable bonds is 6. The minimum atomic E-state index is 0.0545. The standard InChI is InChI=1S/C21H35N5O2/c1-15(2)19-22-23-20(28-19)17-11-21(14-26(17)13-18(27)24(3)4)7-9-25(10-8-21)12-16-5-6-16/h15-17H,5-14H2,1-4H3. The van der Waals surface area contributed by atoms with Crippen molar-refractivity contribution in [1.29, 1.82) is 0 Å². The first-order valence-corrected chi connectivity index (χ1v) is 10.8. The summed E-state index contributed by atoms with van der Waals surface area (Å²) < 4.78 is 6.02. The van der Waals surface area contributed by atoms with E-state index in [9.17, 15) is 4.79 Å². The van der Waals surface area contributed by atoms with Crippen LogP contribution in [0.3, 0.4) is 0 Å². The third kappa shape index (κ3) is 4.25. The lowest BCUT2D eigenvalue weighted by Gasteiger charge is -2.39. The molecular weight excluding hydrogens is 354 g/mol. The number of nitrogens with zero attached hydrogens (tertiary/aromatic N) is 5. The maximum absolute atomic E-state index is 12.4. The molecule has 0 bridgehead atoms. The van der Waals surface area contributed by atoms with Crippen molar-refractivity contribution in [2.45, 2.75) is 57.9 Å². The van der Waals surface area contributed by atoms with Crippen LogP contribution in [0.25, 0.3) is 0 Å². The second kappa shape index (κ2) is 7.75. The highest BCUT2D eigenvalue weighted by Crippen LogP contribution is 2.49. The minimum Gasteiger partial charge on any atom is -0.423 e. The van der Waals surface area contributed by atoms with Gasteiger partial charge in [0.2, 0.25) is 17.7 Å². The molecule has 3 heterocycles. The predicted molar refractivity (Wildman–Crippen MR) is 107 cm³/mol. The van der Waals surface area contributed by atoms with Crippen LogP contribution in [0.1, 0.15) is 69.7 Å². The van der Waals surface area contributed by atoms with E-state index in [4.69, 9.17) is 4.42 Å². The van der Waals surface area contributed by atoms with Gasteiger partial charge < -0.3 is 14.2 Å². The van der Waals surface area contributed by atoms with Crippen molar-refractivity contribution < 1.29 is 9.21 Å². The number of amides is 1. The lowest BCUT2D eigenvalue weighted by Crippen LogP contribution is -2.43. The van der Waals surface area contributed by atoms with Crippen LogP contribution in [0.5, 0.6) is 0 Å². The summed E-state index contributed by atoms with van der Waals surface area (Å²) in [4.78, 5) is 19.1. The lowest BCUT2D eigenvalue weighted by molar-refractivity contribution is -0.130. The van der Waals surface area contributed by atoms with Crippen molar-refractivity contribution >= 4 is 5.91 Å². The first-order chi connectivity index (χ1) is 13.3. The van der Waals surface area contributed by atoms with E-state index in [1.54, 1.807) is 4.90 Å². The molecule has 3 fully saturated rings. The zero-order chi connectivity index (χ0) is 19.9. The second-order valence-electron chi connectivity index (χ2n) is 9.79. The maximum Gasteiger partial charge on any atom is 0.236 e. The van der Waals surface area contributed by atoms with Gasteiger partial charge in [-0.15, -0.1) is 10.2 Å². The topological polar surface area (TPSA) is 65.7 Å². The fourth-order valence-corrected chi connectivity index (χ4v) is 4.72. The maximum atomic E-state index is 12.4. The van der Waals surface area contributed by atoms with Crippen molar-refractivity contribution in [2.75, 3.05) is 46.8 Å². The third-order valence-electron chi connectivity index (χ3n) is 6.81. The summed E-state index contributed by atoms with van der Waals surface area (Å²) in [6.45, 7) is 9.15. The van der Waals surface area contributed by atoms with Gasteiger partial charge in [0.15, 0.2) is 0 Å². The van der Waals surface area contributed by atoms with E-state index < -0.39 is 0 Å². The van der Waals surface area contributed by atoms with Crippen LogP contribution in [-0.4, -0.2) is 77.6 Å². The predicted octanol–water partition coefficient (Wildman–Crippen LogP) is 2.52. The van der Waals surface area contributed by atoms with E-state index >= 15 is 0 Å². The molecule has 2 aliphatic heterocycles. The Kier molecular flexibility index (Phi) is 5.49. The summed E-state index contributed by atoms with van der Waals surface area (Å²) in [6, 6.07) is 0.0545. The quantitative estimate of drug-likeness (QED) is 0.745. The minimum absolute atomic E-state index is 0.0545. The van der Waals surface area contributed by atoms with Gasteiger partial charge in [-0.2, -0.15) is 0 Å². The molecule has 0 radical (unpaired) electrons. The average Bonchev–Trinajstić information content (AvgIpc) is 3.20. The van der Waals surface area contributed by atoms with Crippen LogP contribution in [-0.2, 0) is 4.79 Å². The highest BCUT2D eigenvalue weighted by molar-refractivity contribution is 5.77. The summed E-state index contributed by atoms with van der Waals surface area (Å²) in [5.74, 6) is 2.69. The Morgan fingerprint density at radius 1 is 1.25 bits per heavy atom. The summed E-state index contributed by atoms with van der Waals surface area (Å²) in [5.41, 5.74) is 0.268. The number of likely N-dealkylation sites (N-methyl/N-ethyl adjacent to an activating group) is 1. The first-order valence-electron chi connectivity index (χ1n) is 10.8. The van der Waals surface area contributed by atoms with Crippen LogP contribution in [0.15, 0.2) is 4.42 Å². The third-order valence-corrected chi connectivity index (χ3v) is 6.81. The molecule has 7 heteroatoms. The van der Waals surface area contributed by atoms with Crippen LogP contribution in [0.2, 0.25) is 0 Å². The monoisotopic (exact) mass is 389 g/mol. The van der Waals surface area contributed by atoms with Crippen molar-refractivity contribution in [2.24, 2.45) is 11.3 Å². The van der Waals surface area contributed by atoms with Crippen molar-refractivity contribution in [3.8, 4) is 0 Å². The van der Waals surface area contributed by atoms with E-state index in [2.05, 4.69) is 33.8 Å². The van der Waals surface area contributed by atoms with E-state index in [1.165, 1.54) is 45.3 Å². The van der Waals surface area contributed by atoms with Crippen molar-refractivity contribution in [3.05, 3.63) is 11.8 Å². The number of hydrogen-bond donors (Lipinski definition) is 0. The van der Waals surface area contributed by atoms with Gasteiger partial charge in [-0.25, -0.2) is 0 Å². The molecule has 0 aromatic carbocycles. The van der Waals surface area contributed by atoms with Gasteiger partial charge in [0.05, 0.1) is 12.6 Å². The van der Waals surface area contributed by atoms with Gasteiger partial charge in [-0.05, 0) is 56.5 Å². The SMILES string of the molecule is CC(C)c1nnc(C2CC3(CCN(CC4CC4)CC3)CN2CC(=O)N(C)C)o1. The molecule has 0 N–H and O–H groups in total. The summed E-state index contributed by atoms with van der Waals surface area (Å²) >= 11 is 0. The molecule has 1 amide bonds. The Balaban J connectivity index is 1.48. The average molecular weight is 390 g/mol. The van der Waals surface area contributed by atoms with Crippen molar-refractivity contribution in [1.82, 2.24) is 24.9 Å². The molecule has 1 aromatic heterocycles.